The smallest absolute Gasteiger partial charge is 0.305 e. The van der Waals surface area contributed by atoms with Crippen LogP contribution in [-0.2, 0) is 16.0 Å². The van der Waals surface area contributed by atoms with Gasteiger partial charge in [0, 0.05) is 29.0 Å². The number of nitrogens with zero attached hydrogens (tertiary/aromatic N) is 2. The molecule has 140 valence electrons. The monoisotopic (exact) mass is 379 g/mol. The van der Waals surface area contributed by atoms with Crippen molar-refractivity contribution < 1.29 is 19.2 Å². The second kappa shape index (κ2) is 8.31. The van der Waals surface area contributed by atoms with Gasteiger partial charge < -0.3 is 14.9 Å². The van der Waals surface area contributed by atoms with Crippen LogP contribution >= 0.6 is 11.6 Å². The van der Waals surface area contributed by atoms with Crippen LogP contribution in [0, 0.1) is 5.92 Å². The fraction of sp³-hybridized carbons (Fsp3) is 0.444. The minimum Gasteiger partial charge on any atom is -0.481 e. The maximum atomic E-state index is 12.2. The van der Waals surface area contributed by atoms with Crippen LogP contribution < -0.4 is 5.32 Å². The molecular formula is C18H22ClN3O4. The topological polar surface area (TPSA) is 105 Å². The lowest BCUT2D eigenvalue weighted by Crippen LogP contribution is -2.51. The molecule has 26 heavy (non-hydrogen) atoms. The molecule has 2 N–H and O–H groups in total. The highest BCUT2D eigenvalue weighted by atomic mass is 35.5. The number of aryl methyl sites for hydroxylation is 1. The molecule has 1 aromatic carbocycles. The molecule has 2 aromatic rings. The molecule has 0 aliphatic heterocycles. The molecule has 1 heterocycles. The molecular weight excluding hydrogens is 358 g/mol. The Kier molecular flexibility index (Phi) is 6.37. The summed E-state index contributed by atoms with van der Waals surface area (Å²) < 4.78 is 5.17. The Morgan fingerprint density at radius 2 is 1.96 bits per heavy atom. The predicted molar refractivity (Wildman–Crippen MR) is 96.7 cm³/mol. The second-order valence-electron chi connectivity index (χ2n) is 6.71. The number of halogens is 1. The number of aromatic nitrogens is 2. The first kappa shape index (κ1) is 19.9. The molecule has 0 spiro atoms. The number of amides is 1. The van der Waals surface area contributed by atoms with Gasteiger partial charge in [0.15, 0.2) is 0 Å². The number of benzene rings is 1. The van der Waals surface area contributed by atoms with Crippen LogP contribution in [0.15, 0.2) is 28.8 Å². The Morgan fingerprint density at radius 1 is 1.31 bits per heavy atom. The Morgan fingerprint density at radius 3 is 2.54 bits per heavy atom. The number of carboxylic acid groups (broad SMARTS) is 1. The Bertz CT molecular complexity index is 773. The summed E-state index contributed by atoms with van der Waals surface area (Å²) in [6.45, 7) is 5.48. The van der Waals surface area contributed by atoms with Crippen molar-refractivity contribution in [3.63, 3.8) is 0 Å². The fourth-order valence-electron chi connectivity index (χ4n) is 2.38. The third kappa shape index (κ3) is 5.29. The summed E-state index contributed by atoms with van der Waals surface area (Å²) in [5.74, 6) is -0.466. The summed E-state index contributed by atoms with van der Waals surface area (Å²) in [6.07, 6.45) is 0.259. The number of nitrogens with one attached hydrogen (secondary N) is 1. The van der Waals surface area contributed by atoms with Crippen molar-refractivity contribution in [1.29, 1.82) is 0 Å². The number of carbonyl (C=O) groups is 2. The molecule has 1 amide bonds. The minimum absolute atomic E-state index is 0.0255. The van der Waals surface area contributed by atoms with E-state index >= 15 is 0 Å². The standard InChI is InChI=1S/C18H22ClN3O4/c1-11(2)18(3,10-16(24)25)21-14(23)8-9-15-20-17(22-26-15)12-4-6-13(19)7-5-12/h4-7,11H,8-10H2,1-3H3,(H,21,23)(H,24,25). The average molecular weight is 380 g/mol. The van der Waals surface area contributed by atoms with Gasteiger partial charge in [0.25, 0.3) is 0 Å². The lowest BCUT2D eigenvalue weighted by molar-refractivity contribution is -0.139. The van der Waals surface area contributed by atoms with E-state index in [2.05, 4.69) is 15.5 Å². The van der Waals surface area contributed by atoms with Gasteiger partial charge in [-0.1, -0.05) is 30.6 Å². The first-order valence-corrected chi connectivity index (χ1v) is 8.69. The molecule has 0 aliphatic rings. The van der Waals surface area contributed by atoms with Crippen LogP contribution in [0.1, 0.15) is 39.5 Å². The van der Waals surface area contributed by atoms with E-state index in [-0.39, 0.29) is 31.1 Å². The van der Waals surface area contributed by atoms with Crippen molar-refractivity contribution in [3.8, 4) is 11.4 Å². The molecule has 1 aromatic heterocycles. The van der Waals surface area contributed by atoms with Crippen molar-refractivity contribution in [2.75, 3.05) is 0 Å². The highest BCUT2D eigenvalue weighted by molar-refractivity contribution is 6.30. The molecule has 0 saturated carbocycles. The van der Waals surface area contributed by atoms with Crippen LogP contribution in [0.4, 0.5) is 0 Å². The summed E-state index contributed by atoms with van der Waals surface area (Å²) in [5.41, 5.74) is -0.0469. The van der Waals surface area contributed by atoms with Crippen molar-refractivity contribution in [2.24, 2.45) is 5.92 Å². The molecule has 0 saturated heterocycles. The Hall–Kier alpha value is -2.41. The molecule has 2 rings (SSSR count). The van der Waals surface area contributed by atoms with Gasteiger partial charge in [-0.15, -0.1) is 0 Å². The summed E-state index contributed by atoms with van der Waals surface area (Å²) >= 11 is 5.85. The van der Waals surface area contributed by atoms with Gasteiger partial charge in [-0.2, -0.15) is 4.98 Å². The zero-order valence-corrected chi connectivity index (χ0v) is 15.7. The quantitative estimate of drug-likeness (QED) is 0.728. The molecule has 8 heteroatoms. The van der Waals surface area contributed by atoms with Crippen LogP contribution in [-0.4, -0.2) is 32.7 Å². The van der Waals surface area contributed by atoms with E-state index in [9.17, 15) is 9.59 Å². The van der Waals surface area contributed by atoms with Gasteiger partial charge in [0.2, 0.25) is 17.6 Å². The highest BCUT2D eigenvalue weighted by Gasteiger charge is 2.32. The number of hydrogen-bond donors (Lipinski definition) is 2. The lowest BCUT2D eigenvalue weighted by atomic mass is 9.85. The van der Waals surface area contributed by atoms with E-state index in [0.29, 0.717) is 16.7 Å². The van der Waals surface area contributed by atoms with Crippen LogP contribution in [0.2, 0.25) is 5.02 Å². The first-order chi connectivity index (χ1) is 12.2. The fourth-order valence-corrected chi connectivity index (χ4v) is 2.51. The zero-order chi connectivity index (χ0) is 19.3. The Labute approximate surface area is 156 Å². The third-order valence-corrected chi connectivity index (χ3v) is 4.61. The largest absolute Gasteiger partial charge is 0.481 e. The zero-order valence-electron chi connectivity index (χ0n) is 15.0. The van der Waals surface area contributed by atoms with E-state index in [0.717, 1.165) is 5.56 Å². The number of hydrogen-bond acceptors (Lipinski definition) is 5. The summed E-state index contributed by atoms with van der Waals surface area (Å²) in [4.78, 5) is 27.5. The molecule has 0 radical (unpaired) electrons. The minimum atomic E-state index is -0.953. The van der Waals surface area contributed by atoms with Gasteiger partial charge in [-0.3, -0.25) is 9.59 Å². The van der Waals surface area contributed by atoms with E-state index in [4.69, 9.17) is 21.2 Å². The van der Waals surface area contributed by atoms with E-state index < -0.39 is 11.5 Å². The van der Waals surface area contributed by atoms with Gasteiger partial charge in [-0.25, -0.2) is 0 Å². The molecule has 0 fully saturated rings. The molecule has 1 atom stereocenters. The molecule has 0 aliphatic carbocycles. The number of carboxylic acids is 1. The number of rotatable bonds is 8. The van der Waals surface area contributed by atoms with E-state index in [1.54, 1.807) is 31.2 Å². The third-order valence-electron chi connectivity index (χ3n) is 4.35. The normalized spacial score (nSPS) is 13.4. The van der Waals surface area contributed by atoms with Crippen LogP contribution in [0.25, 0.3) is 11.4 Å². The summed E-state index contributed by atoms with van der Waals surface area (Å²) in [7, 11) is 0. The first-order valence-electron chi connectivity index (χ1n) is 8.31. The molecule has 1 unspecified atom stereocenters. The van der Waals surface area contributed by atoms with Gasteiger partial charge in [0.05, 0.1) is 6.42 Å². The average Bonchev–Trinajstić information content (AvgIpc) is 3.01. The van der Waals surface area contributed by atoms with Crippen LogP contribution in [0.5, 0.6) is 0 Å². The summed E-state index contributed by atoms with van der Waals surface area (Å²) in [5, 5.41) is 16.4. The number of aliphatic carboxylic acids is 1. The van der Waals surface area contributed by atoms with Gasteiger partial charge in [0.1, 0.15) is 0 Å². The lowest BCUT2D eigenvalue weighted by Gasteiger charge is -2.33. The maximum absolute atomic E-state index is 12.2. The Balaban J connectivity index is 1.95. The molecule has 0 bridgehead atoms. The van der Waals surface area contributed by atoms with Gasteiger partial charge in [-0.05, 0) is 37.1 Å². The maximum Gasteiger partial charge on any atom is 0.305 e. The van der Waals surface area contributed by atoms with Crippen molar-refractivity contribution >= 4 is 23.5 Å². The highest BCUT2D eigenvalue weighted by Crippen LogP contribution is 2.22. The van der Waals surface area contributed by atoms with Crippen molar-refractivity contribution in [1.82, 2.24) is 15.5 Å². The van der Waals surface area contributed by atoms with Crippen molar-refractivity contribution in [2.45, 2.75) is 45.6 Å². The van der Waals surface area contributed by atoms with E-state index in [1.807, 2.05) is 13.8 Å². The second-order valence-corrected chi connectivity index (χ2v) is 7.15. The van der Waals surface area contributed by atoms with Crippen molar-refractivity contribution in [3.05, 3.63) is 35.2 Å². The van der Waals surface area contributed by atoms with E-state index in [1.165, 1.54) is 0 Å². The predicted octanol–water partition coefficient (Wildman–Crippen LogP) is 3.33. The van der Waals surface area contributed by atoms with Gasteiger partial charge >= 0.3 is 5.97 Å². The summed E-state index contributed by atoms with van der Waals surface area (Å²) in [6, 6.07) is 7.03. The molecule has 7 nitrogen and oxygen atoms in total. The van der Waals surface area contributed by atoms with Crippen LogP contribution in [0.3, 0.4) is 0 Å². The number of carbonyl (C=O) groups excluding carboxylic acids is 1. The SMILES string of the molecule is CC(C)C(C)(CC(=O)O)NC(=O)CCc1nc(-c2ccc(Cl)cc2)no1.